The van der Waals surface area contributed by atoms with Gasteiger partial charge in [-0.15, -0.1) is 0 Å². The lowest BCUT2D eigenvalue weighted by molar-refractivity contribution is -0.192. The van der Waals surface area contributed by atoms with Crippen LogP contribution in [0.5, 0.6) is 11.5 Å². The minimum atomic E-state index is -0.937. The lowest BCUT2D eigenvalue weighted by Crippen LogP contribution is -2.78. The number of piperidine rings is 1. The van der Waals surface area contributed by atoms with Crippen molar-refractivity contribution >= 4 is 16.7 Å². The highest BCUT2D eigenvalue weighted by molar-refractivity contribution is 5.82. The van der Waals surface area contributed by atoms with E-state index >= 15 is 0 Å². The third kappa shape index (κ3) is 3.42. The van der Waals surface area contributed by atoms with Crippen molar-refractivity contribution in [3.63, 3.8) is 0 Å². The molecule has 1 saturated heterocycles. The molecule has 3 N–H and O–H groups in total. The fraction of sp³-hybridized carbons (Fsp3) is 0.500. The molecule has 7 nitrogen and oxygen atoms in total. The second-order valence-corrected chi connectivity index (χ2v) is 12.5. The van der Waals surface area contributed by atoms with Gasteiger partial charge < -0.3 is 20.3 Å². The second-order valence-electron chi connectivity index (χ2n) is 12.5. The number of amides is 1. The molecular formula is C32H35N3O4. The molecule has 1 spiro atoms. The standard InChI is InChI=1S/C32H35N3O4/c36-25-9-7-21-16-26-32(38)12-11-24(34-27(37)10-8-23-15-20-3-1-2-4-22(20)17-33-23)30-31(32,28(21)29(25)39-30)13-14-35(26)18-19-5-6-19/h1-4,7,9,15,17,19,24,26,30,36,38H,5-6,8,10-14,16,18H2,(H,34,37)/t24-,26-,30+,31+,32-/m1/s1. The Bertz CT molecular complexity index is 1490. The molecule has 2 aliphatic heterocycles. The van der Waals surface area contributed by atoms with E-state index in [1.165, 1.54) is 18.4 Å². The maximum absolute atomic E-state index is 13.3. The third-order valence-electron chi connectivity index (χ3n) is 10.4. The zero-order chi connectivity index (χ0) is 26.4. The van der Waals surface area contributed by atoms with Gasteiger partial charge in [0.1, 0.15) is 6.10 Å². The number of benzene rings is 2. The van der Waals surface area contributed by atoms with Gasteiger partial charge in [-0.05, 0) is 80.5 Å². The Morgan fingerprint density at radius 2 is 1.97 bits per heavy atom. The number of nitrogens with zero attached hydrogens (tertiary/aromatic N) is 2. The largest absolute Gasteiger partial charge is 0.504 e. The van der Waals surface area contributed by atoms with Crippen molar-refractivity contribution in [2.45, 2.75) is 80.6 Å². The predicted molar refractivity (Wildman–Crippen MR) is 147 cm³/mol. The molecule has 202 valence electrons. The Morgan fingerprint density at radius 3 is 2.82 bits per heavy atom. The van der Waals surface area contributed by atoms with Crippen molar-refractivity contribution in [2.75, 3.05) is 13.1 Å². The number of aromatic hydroxyl groups is 1. The summed E-state index contributed by atoms with van der Waals surface area (Å²) in [5.41, 5.74) is 1.52. The van der Waals surface area contributed by atoms with E-state index in [9.17, 15) is 15.0 Å². The molecule has 39 heavy (non-hydrogen) atoms. The Morgan fingerprint density at radius 1 is 1.13 bits per heavy atom. The molecule has 3 aromatic rings. The van der Waals surface area contributed by atoms with Crippen LogP contribution in [0.2, 0.25) is 0 Å². The first-order valence-electron chi connectivity index (χ1n) is 14.6. The maximum Gasteiger partial charge on any atom is 0.220 e. The van der Waals surface area contributed by atoms with Gasteiger partial charge in [-0.1, -0.05) is 30.3 Å². The monoisotopic (exact) mass is 525 g/mol. The number of ether oxygens (including phenoxy) is 1. The fourth-order valence-electron chi connectivity index (χ4n) is 8.42. The molecule has 2 aromatic carbocycles. The number of fused-ring (bicyclic) bond motifs is 1. The fourth-order valence-corrected chi connectivity index (χ4v) is 8.42. The number of aromatic nitrogens is 1. The number of likely N-dealkylation sites (tertiary alicyclic amines) is 1. The van der Waals surface area contributed by atoms with Crippen LogP contribution in [0.1, 0.15) is 55.3 Å². The third-order valence-corrected chi connectivity index (χ3v) is 10.4. The minimum absolute atomic E-state index is 0.0284. The highest BCUT2D eigenvalue weighted by Gasteiger charge is 2.73. The van der Waals surface area contributed by atoms with Crippen molar-refractivity contribution in [3.05, 3.63) is 65.5 Å². The number of pyridine rings is 1. The smallest absolute Gasteiger partial charge is 0.220 e. The predicted octanol–water partition coefficient (Wildman–Crippen LogP) is 3.62. The maximum atomic E-state index is 13.3. The summed E-state index contributed by atoms with van der Waals surface area (Å²) in [5, 5.41) is 28.9. The van der Waals surface area contributed by atoms with Gasteiger partial charge in [-0.2, -0.15) is 0 Å². The molecule has 5 aliphatic rings. The molecule has 0 radical (unpaired) electrons. The number of nitrogens with one attached hydrogen (secondary N) is 1. The molecule has 2 bridgehead atoms. The van der Waals surface area contributed by atoms with E-state index in [0.717, 1.165) is 53.9 Å². The van der Waals surface area contributed by atoms with Crippen molar-refractivity contribution in [3.8, 4) is 11.5 Å². The van der Waals surface area contributed by atoms with E-state index in [1.54, 1.807) is 6.07 Å². The molecule has 3 fully saturated rings. The molecule has 1 aromatic heterocycles. The molecule has 3 aliphatic carbocycles. The number of rotatable bonds is 6. The molecule has 5 atom stereocenters. The number of carbonyl (C=O) groups is 1. The summed E-state index contributed by atoms with van der Waals surface area (Å²) in [6.07, 6.45) is 7.77. The normalized spacial score (nSPS) is 32.5. The van der Waals surface area contributed by atoms with Crippen LogP contribution in [0.3, 0.4) is 0 Å². The van der Waals surface area contributed by atoms with Gasteiger partial charge in [0.15, 0.2) is 11.5 Å². The molecule has 8 rings (SSSR count). The lowest BCUT2D eigenvalue weighted by Gasteiger charge is -2.64. The van der Waals surface area contributed by atoms with Gasteiger partial charge >= 0.3 is 0 Å². The van der Waals surface area contributed by atoms with Crippen molar-refractivity contribution in [2.24, 2.45) is 5.92 Å². The number of hydrogen-bond acceptors (Lipinski definition) is 6. The highest BCUT2D eigenvalue weighted by Crippen LogP contribution is 2.65. The lowest BCUT2D eigenvalue weighted by atomic mass is 9.48. The number of phenolic OH excluding ortho intramolecular Hbond substituents is 1. The number of hydrogen-bond donors (Lipinski definition) is 3. The summed E-state index contributed by atoms with van der Waals surface area (Å²) < 4.78 is 6.57. The van der Waals surface area contributed by atoms with Crippen molar-refractivity contribution in [1.29, 1.82) is 0 Å². The van der Waals surface area contributed by atoms with Crippen LogP contribution in [0.25, 0.3) is 10.8 Å². The first-order valence-corrected chi connectivity index (χ1v) is 14.6. The molecule has 1 amide bonds. The molecule has 7 heteroatoms. The van der Waals surface area contributed by atoms with Gasteiger partial charge in [0.25, 0.3) is 0 Å². The summed E-state index contributed by atoms with van der Waals surface area (Å²) in [6, 6.07) is 13.7. The van der Waals surface area contributed by atoms with Crippen LogP contribution < -0.4 is 10.1 Å². The SMILES string of the molecule is O=C(CCc1cc2ccccc2cn1)N[C@@H]1CC[C@@]2(O)[C@H]3Cc4ccc(O)c5c4[C@@]2(CCN3CC2CC2)[C@H]1O5. The van der Waals surface area contributed by atoms with E-state index in [4.69, 9.17) is 4.74 Å². The van der Waals surface area contributed by atoms with E-state index in [1.807, 2.05) is 30.5 Å². The summed E-state index contributed by atoms with van der Waals surface area (Å²) in [6.45, 7) is 1.96. The Balaban J connectivity index is 1.06. The average molecular weight is 526 g/mol. The molecule has 0 unspecified atom stereocenters. The molecule has 2 saturated carbocycles. The van der Waals surface area contributed by atoms with Crippen molar-refractivity contribution < 1.29 is 19.7 Å². The summed E-state index contributed by atoms with van der Waals surface area (Å²) in [5.74, 6) is 1.37. The number of aliphatic hydroxyl groups is 1. The number of phenols is 1. The Kier molecular flexibility index (Phi) is 5.12. The van der Waals surface area contributed by atoms with E-state index < -0.39 is 17.1 Å². The number of carbonyl (C=O) groups excluding carboxylic acids is 1. The molecular weight excluding hydrogens is 490 g/mol. The molecule has 3 heterocycles. The summed E-state index contributed by atoms with van der Waals surface area (Å²) >= 11 is 0. The van der Waals surface area contributed by atoms with Crippen molar-refractivity contribution in [1.82, 2.24) is 15.2 Å². The van der Waals surface area contributed by atoms with Crippen LogP contribution in [-0.2, 0) is 23.1 Å². The summed E-state index contributed by atoms with van der Waals surface area (Å²) in [4.78, 5) is 20.3. The topological polar surface area (TPSA) is 94.9 Å². The first-order chi connectivity index (χ1) is 19.0. The Hall–Kier alpha value is -3.16. The van der Waals surface area contributed by atoms with Gasteiger partial charge in [-0.3, -0.25) is 14.7 Å². The highest BCUT2D eigenvalue weighted by atomic mass is 16.5. The van der Waals surface area contributed by atoms with Crippen LogP contribution >= 0.6 is 0 Å². The van der Waals surface area contributed by atoms with E-state index in [2.05, 4.69) is 27.3 Å². The quantitative estimate of drug-likeness (QED) is 0.455. The van der Waals surface area contributed by atoms with E-state index in [0.29, 0.717) is 31.4 Å². The number of aryl methyl sites for hydroxylation is 1. The van der Waals surface area contributed by atoms with Crippen LogP contribution in [0, 0.1) is 5.92 Å². The average Bonchev–Trinajstić information content (AvgIpc) is 3.68. The van der Waals surface area contributed by atoms with Crippen LogP contribution in [-0.4, -0.2) is 62.9 Å². The Labute approximate surface area is 228 Å². The summed E-state index contributed by atoms with van der Waals surface area (Å²) in [7, 11) is 0. The second kappa shape index (κ2) is 8.42. The van der Waals surface area contributed by atoms with Gasteiger partial charge in [-0.25, -0.2) is 0 Å². The van der Waals surface area contributed by atoms with Gasteiger partial charge in [0.05, 0.1) is 17.1 Å². The zero-order valence-electron chi connectivity index (χ0n) is 22.1. The van der Waals surface area contributed by atoms with Crippen LogP contribution in [0.4, 0.5) is 0 Å². The minimum Gasteiger partial charge on any atom is -0.504 e. The van der Waals surface area contributed by atoms with E-state index in [-0.39, 0.29) is 23.7 Å². The zero-order valence-corrected chi connectivity index (χ0v) is 22.1. The first kappa shape index (κ1) is 23.7. The van der Waals surface area contributed by atoms with Gasteiger partial charge in [0, 0.05) is 41.8 Å². The van der Waals surface area contributed by atoms with Crippen LogP contribution in [0.15, 0.2) is 48.7 Å². The van der Waals surface area contributed by atoms with Gasteiger partial charge in [0.2, 0.25) is 5.91 Å².